The Bertz CT molecular complexity index is 695. The first-order valence-electron chi connectivity index (χ1n) is 12.3. The molecule has 0 bridgehead atoms. The summed E-state index contributed by atoms with van der Waals surface area (Å²) in [6.45, 7) is 9.98. The fourth-order valence-corrected chi connectivity index (χ4v) is 4.55. The monoisotopic (exact) mass is 466 g/mol. The number of nitrogens with zero attached hydrogens (tertiary/aromatic N) is 2. The predicted octanol–water partition coefficient (Wildman–Crippen LogP) is 5.70. The van der Waals surface area contributed by atoms with Crippen molar-refractivity contribution in [3.05, 3.63) is 34.2 Å². The summed E-state index contributed by atoms with van der Waals surface area (Å²) in [6.07, 6.45) is 3.69. The minimum atomic E-state index is -0.711. The SMILES string of the molecule is CC.CCCC(=O)O.CCC[C@@H]1C(CCC(O)c2ccc(N(C)C)c(C)c2)[C@H](N=O)C[C@@H]1O. The molecule has 1 aromatic rings. The normalized spacial score (nSPS) is 22.3. The number of benzene rings is 1. The van der Waals surface area contributed by atoms with Gasteiger partial charge >= 0.3 is 5.97 Å². The zero-order chi connectivity index (χ0) is 25.6. The molecule has 0 saturated heterocycles. The van der Waals surface area contributed by atoms with Gasteiger partial charge in [-0.2, -0.15) is 4.91 Å². The summed E-state index contributed by atoms with van der Waals surface area (Å²) >= 11 is 0. The fraction of sp³-hybridized carbons (Fsp3) is 0.731. The largest absolute Gasteiger partial charge is 0.481 e. The molecule has 0 aliphatic heterocycles. The molecular formula is C26H46N2O5. The van der Waals surface area contributed by atoms with Crippen molar-refractivity contribution in [2.45, 2.75) is 97.8 Å². The lowest BCUT2D eigenvalue weighted by molar-refractivity contribution is -0.137. The zero-order valence-corrected chi connectivity index (χ0v) is 21.6. The van der Waals surface area contributed by atoms with Gasteiger partial charge in [-0.3, -0.25) is 4.79 Å². The van der Waals surface area contributed by atoms with Gasteiger partial charge in [0.05, 0.1) is 18.2 Å². The van der Waals surface area contributed by atoms with E-state index in [0.29, 0.717) is 25.7 Å². The number of anilines is 1. The number of aliphatic hydroxyl groups excluding tert-OH is 2. The second-order valence-electron chi connectivity index (χ2n) is 8.77. The second kappa shape index (κ2) is 16.6. The van der Waals surface area contributed by atoms with Gasteiger partial charge in [-0.1, -0.05) is 51.4 Å². The number of aliphatic hydroxyl groups is 2. The van der Waals surface area contributed by atoms with Crippen molar-refractivity contribution in [2.75, 3.05) is 19.0 Å². The molecule has 1 aromatic carbocycles. The van der Waals surface area contributed by atoms with Crippen LogP contribution in [-0.2, 0) is 4.79 Å². The summed E-state index contributed by atoms with van der Waals surface area (Å²) < 4.78 is 0. The highest BCUT2D eigenvalue weighted by atomic mass is 16.4. The number of nitroso groups, excluding NO2 is 1. The van der Waals surface area contributed by atoms with Gasteiger partial charge in [0, 0.05) is 26.2 Å². The third-order valence-corrected chi connectivity index (χ3v) is 6.10. The molecule has 0 aromatic heterocycles. The molecule has 190 valence electrons. The van der Waals surface area contributed by atoms with Gasteiger partial charge in [0.15, 0.2) is 0 Å². The Morgan fingerprint density at radius 1 is 1.15 bits per heavy atom. The third kappa shape index (κ3) is 10.2. The lowest BCUT2D eigenvalue weighted by Crippen LogP contribution is -2.22. The van der Waals surface area contributed by atoms with Crippen molar-refractivity contribution in [3.8, 4) is 0 Å². The van der Waals surface area contributed by atoms with Crippen LogP contribution >= 0.6 is 0 Å². The number of aliphatic carboxylic acids is 1. The van der Waals surface area contributed by atoms with Gasteiger partial charge in [-0.15, -0.1) is 0 Å². The fourth-order valence-electron chi connectivity index (χ4n) is 4.55. The number of carboxylic acid groups (broad SMARTS) is 1. The van der Waals surface area contributed by atoms with Gasteiger partial charge in [-0.05, 0) is 68.1 Å². The molecule has 1 aliphatic carbocycles. The van der Waals surface area contributed by atoms with Crippen LogP contribution in [0.1, 0.15) is 89.9 Å². The van der Waals surface area contributed by atoms with Crippen molar-refractivity contribution in [3.63, 3.8) is 0 Å². The zero-order valence-electron chi connectivity index (χ0n) is 21.6. The molecule has 5 atom stereocenters. The van der Waals surface area contributed by atoms with Crippen molar-refractivity contribution >= 4 is 11.7 Å². The van der Waals surface area contributed by atoms with Crippen LogP contribution in [0.4, 0.5) is 5.69 Å². The average molecular weight is 467 g/mol. The number of aryl methyl sites for hydroxylation is 1. The first-order chi connectivity index (χ1) is 15.7. The van der Waals surface area contributed by atoms with E-state index in [0.717, 1.165) is 36.1 Å². The standard InChI is InChI=1S/C20H32N2O3.C4H8O2.C2H6/c1-5-6-16-15(17(21-25)12-20(16)24)8-10-19(23)14-7-9-18(22(3)4)13(2)11-14;1-2-3-4(5)6;1-2/h7,9,11,15-17,19-20,23-24H,5-6,8,10,12H2,1-4H3;2-3H2,1H3,(H,5,6);1-2H3/t15?,16-,17-,19?,20+;;/m1../s1. The molecule has 0 radical (unpaired) electrons. The molecule has 3 N–H and O–H groups in total. The molecule has 1 saturated carbocycles. The van der Waals surface area contributed by atoms with Crippen LogP contribution in [0.3, 0.4) is 0 Å². The smallest absolute Gasteiger partial charge is 0.303 e. The highest BCUT2D eigenvalue weighted by Gasteiger charge is 2.42. The molecule has 33 heavy (non-hydrogen) atoms. The molecule has 1 aliphatic rings. The molecule has 0 heterocycles. The van der Waals surface area contributed by atoms with E-state index in [1.54, 1.807) is 0 Å². The molecule has 2 unspecified atom stereocenters. The molecule has 7 heteroatoms. The van der Waals surface area contributed by atoms with Crippen LogP contribution in [0.2, 0.25) is 0 Å². The summed E-state index contributed by atoms with van der Waals surface area (Å²) in [4.78, 5) is 22.8. The van der Waals surface area contributed by atoms with Crippen LogP contribution in [0.25, 0.3) is 0 Å². The molecule has 0 amide bonds. The molecule has 7 nitrogen and oxygen atoms in total. The summed E-state index contributed by atoms with van der Waals surface area (Å²) in [7, 11) is 4.01. The first kappa shape index (κ1) is 31.0. The summed E-state index contributed by atoms with van der Waals surface area (Å²) in [5, 5.41) is 32.0. The summed E-state index contributed by atoms with van der Waals surface area (Å²) in [5.74, 6) is -0.514. The van der Waals surface area contributed by atoms with E-state index in [2.05, 4.69) is 17.0 Å². The maximum Gasteiger partial charge on any atom is 0.303 e. The number of hydrogen-bond acceptors (Lipinski definition) is 6. The van der Waals surface area contributed by atoms with Gasteiger partial charge in [0.2, 0.25) is 0 Å². The predicted molar refractivity (Wildman–Crippen MR) is 136 cm³/mol. The van der Waals surface area contributed by atoms with Crippen LogP contribution in [-0.4, -0.2) is 47.5 Å². The minimum Gasteiger partial charge on any atom is -0.481 e. The van der Waals surface area contributed by atoms with E-state index in [4.69, 9.17) is 5.11 Å². The second-order valence-corrected chi connectivity index (χ2v) is 8.77. The van der Waals surface area contributed by atoms with E-state index in [-0.39, 0.29) is 17.9 Å². The molecule has 2 rings (SSSR count). The van der Waals surface area contributed by atoms with Crippen molar-refractivity contribution in [1.82, 2.24) is 0 Å². The Morgan fingerprint density at radius 3 is 2.21 bits per heavy atom. The highest BCUT2D eigenvalue weighted by Crippen LogP contribution is 2.41. The van der Waals surface area contributed by atoms with Crippen molar-refractivity contribution < 1.29 is 20.1 Å². The van der Waals surface area contributed by atoms with Crippen LogP contribution in [0.5, 0.6) is 0 Å². The molecular weight excluding hydrogens is 420 g/mol. The van der Waals surface area contributed by atoms with Crippen LogP contribution < -0.4 is 4.90 Å². The van der Waals surface area contributed by atoms with Gasteiger partial charge in [0.1, 0.15) is 0 Å². The lowest BCUT2D eigenvalue weighted by atomic mass is 9.84. The van der Waals surface area contributed by atoms with Crippen LogP contribution in [0.15, 0.2) is 23.4 Å². The lowest BCUT2D eigenvalue weighted by Gasteiger charge is -2.24. The number of hydrogen-bond donors (Lipinski definition) is 3. The number of carbonyl (C=O) groups is 1. The van der Waals surface area contributed by atoms with E-state index in [9.17, 15) is 19.9 Å². The van der Waals surface area contributed by atoms with Gasteiger partial charge < -0.3 is 20.2 Å². The average Bonchev–Trinajstić information content (AvgIpc) is 3.08. The van der Waals surface area contributed by atoms with E-state index >= 15 is 0 Å². The number of rotatable bonds is 10. The Hall–Kier alpha value is -1.99. The van der Waals surface area contributed by atoms with Crippen LogP contribution in [0, 0.1) is 23.7 Å². The maximum atomic E-state index is 11.1. The minimum absolute atomic E-state index is 0.0734. The Morgan fingerprint density at radius 2 is 1.79 bits per heavy atom. The van der Waals surface area contributed by atoms with E-state index < -0.39 is 18.2 Å². The van der Waals surface area contributed by atoms with Crippen molar-refractivity contribution in [1.29, 1.82) is 0 Å². The highest BCUT2D eigenvalue weighted by molar-refractivity contribution is 5.66. The van der Waals surface area contributed by atoms with Crippen molar-refractivity contribution in [2.24, 2.45) is 17.0 Å². The Kier molecular flexibility index (Phi) is 15.6. The van der Waals surface area contributed by atoms with Gasteiger partial charge in [-0.25, -0.2) is 0 Å². The molecule has 0 spiro atoms. The van der Waals surface area contributed by atoms with E-state index in [1.165, 1.54) is 0 Å². The third-order valence-electron chi connectivity index (χ3n) is 6.10. The summed E-state index contributed by atoms with van der Waals surface area (Å²) in [5.41, 5.74) is 3.18. The first-order valence-corrected chi connectivity index (χ1v) is 12.3. The number of carboxylic acids is 1. The quantitative estimate of drug-likeness (QED) is 0.381. The van der Waals surface area contributed by atoms with Gasteiger partial charge in [0.25, 0.3) is 0 Å². The Balaban J connectivity index is 0.00000111. The molecule has 1 fully saturated rings. The maximum absolute atomic E-state index is 11.1. The Labute approximate surface area is 200 Å². The topological polar surface area (TPSA) is 110 Å². The van der Waals surface area contributed by atoms with E-state index in [1.807, 2.05) is 60.0 Å². The summed E-state index contributed by atoms with van der Waals surface area (Å²) in [6, 6.07) is 5.71.